The lowest BCUT2D eigenvalue weighted by Crippen LogP contribution is -2.32. The number of aryl methyl sites for hydroxylation is 2. The molecule has 4 nitrogen and oxygen atoms in total. The van der Waals surface area contributed by atoms with Crippen molar-refractivity contribution in [1.29, 1.82) is 0 Å². The van der Waals surface area contributed by atoms with Crippen LogP contribution in [0.4, 0.5) is 0 Å². The molecule has 0 radical (unpaired) electrons. The van der Waals surface area contributed by atoms with E-state index >= 15 is 0 Å². The van der Waals surface area contributed by atoms with E-state index in [4.69, 9.17) is 0 Å². The fourth-order valence-corrected chi connectivity index (χ4v) is 2.48. The molecule has 1 heterocycles. The van der Waals surface area contributed by atoms with Crippen LogP contribution in [-0.2, 0) is 11.3 Å². The van der Waals surface area contributed by atoms with Crippen molar-refractivity contribution in [2.24, 2.45) is 5.92 Å². The van der Waals surface area contributed by atoms with E-state index in [9.17, 15) is 4.79 Å². The molecule has 1 saturated carbocycles. The number of nitrogens with one attached hydrogen (secondary N) is 2. The highest BCUT2D eigenvalue weighted by molar-refractivity contribution is 7.11. The second-order valence-electron chi connectivity index (χ2n) is 4.49. The van der Waals surface area contributed by atoms with E-state index < -0.39 is 0 Å². The highest BCUT2D eigenvalue weighted by Crippen LogP contribution is 2.28. The van der Waals surface area contributed by atoms with Crippen molar-refractivity contribution in [3.63, 3.8) is 0 Å². The van der Waals surface area contributed by atoms with Gasteiger partial charge in [-0.05, 0) is 26.7 Å². The fraction of sp³-hybridized carbons (Fsp3) is 0.667. The normalized spacial score (nSPS) is 14.9. The lowest BCUT2D eigenvalue weighted by molar-refractivity contribution is -0.122. The summed E-state index contributed by atoms with van der Waals surface area (Å²) in [6, 6.07) is 0. The Balaban J connectivity index is 1.58. The van der Waals surface area contributed by atoms with Crippen LogP contribution >= 0.6 is 11.3 Å². The first kappa shape index (κ1) is 12.5. The minimum absolute atomic E-state index is 0.215. The third-order valence-corrected chi connectivity index (χ3v) is 3.97. The Kier molecular flexibility index (Phi) is 4.12. The number of carbonyl (C=O) groups excluding carboxylic acids is 1. The number of nitrogens with zero attached hydrogens (tertiary/aromatic N) is 1. The third-order valence-electron chi connectivity index (χ3n) is 2.90. The van der Waals surface area contributed by atoms with E-state index in [0.717, 1.165) is 36.6 Å². The van der Waals surface area contributed by atoms with E-state index in [2.05, 4.69) is 22.5 Å². The van der Waals surface area contributed by atoms with E-state index in [-0.39, 0.29) is 5.91 Å². The lowest BCUT2D eigenvalue weighted by atomic mass is 10.4. The first-order valence-electron chi connectivity index (χ1n) is 6.08. The van der Waals surface area contributed by atoms with Crippen LogP contribution in [-0.4, -0.2) is 24.0 Å². The quantitative estimate of drug-likeness (QED) is 0.753. The molecule has 2 N–H and O–H groups in total. The average Bonchev–Trinajstić information content (AvgIpc) is 3.07. The molecule has 94 valence electrons. The molecule has 2 rings (SSSR count). The van der Waals surface area contributed by atoms with Gasteiger partial charge in [0.25, 0.3) is 0 Å². The molecule has 1 amide bonds. The highest BCUT2D eigenvalue weighted by atomic mass is 32.1. The molecule has 0 aromatic carbocycles. The van der Waals surface area contributed by atoms with Crippen LogP contribution in [0.3, 0.4) is 0 Å². The van der Waals surface area contributed by atoms with E-state index in [0.29, 0.717) is 12.5 Å². The van der Waals surface area contributed by atoms with Gasteiger partial charge < -0.3 is 10.6 Å². The topological polar surface area (TPSA) is 54.0 Å². The Bertz CT molecular complexity index is 379. The van der Waals surface area contributed by atoms with Gasteiger partial charge in [-0.3, -0.25) is 4.79 Å². The summed E-state index contributed by atoms with van der Waals surface area (Å²) in [7, 11) is 0. The van der Waals surface area contributed by atoms with Crippen LogP contribution in [0.1, 0.15) is 28.4 Å². The lowest BCUT2D eigenvalue weighted by Gasteiger charge is -2.04. The van der Waals surface area contributed by atoms with Crippen LogP contribution < -0.4 is 10.6 Å². The summed E-state index contributed by atoms with van der Waals surface area (Å²) >= 11 is 1.73. The van der Waals surface area contributed by atoms with Crippen molar-refractivity contribution in [3.8, 4) is 0 Å². The summed E-state index contributed by atoms with van der Waals surface area (Å²) in [5.74, 6) is 0.520. The molecule has 17 heavy (non-hydrogen) atoms. The summed E-state index contributed by atoms with van der Waals surface area (Å²) in [5, 5.41) is 7.34. The summed E-state index contributed by atoms with van der Waals surface area (Å²) in [4.78, 5) is 17.1. The van der Waals surface area contributed by atoms with E-state index in [1.165, 1.54) is 4.88 Å². The minimum Gasteiger partial charge on any atom is -0.355 e. The number of amides is 1. The maximum absolute atomic E-state index is 11.3. The molecule has 5 heteroatoms. The Hall–Kier alpha value is -0.940. The molecule has 0 atom stereocenters. The van der Waals surface area contributed by atoms with Gasteiger partial charge in [0.1, 0.15) is 5.01 Å². The fourth-order valence-electron chi connectivity index (χ4n) is 1.57. The molecule has 0 unspecified atom stereocenters. The second kappa shape index (κ2) is 5.60. The van der Waals surface area contributed by atoms with Gasteiger partial charge in [0.05, 0.1) is 5.69 Å². The predicted molar refractivity (Wildman–Crippen MR) is 69.0 cm³/mol. The standard InChI is InChI=1S/C12H19N3OS/c1-8-9(2)17-11(15-8)7-13-5-6-14-12(16)10-3-4-10/h10,13H,3-7H2,1-2H3,(H,14,16). The van der Waals surface area contributed by atoms with Crippen molar-refractivity contribution < 1.29 is 4.79 Å². The van der Waals surface area contributed by atoms with Crippen molar-refractivity contribution in [2.45, 2.75) is 33.2 Å². The molecular weight excluding hydrogens is 234 g/mol. The molecule has 1 fully saturated rings. The summed E-state index contributed by atoms with van der Waals surface area (Å²) < 4.78 is 0. The Morgan fingerprint density at radius 2 is 2.18 bits per heavy atom. The minimum atomic E-state index is 0.215. The van der Waals surface area contributed by atoms with Crippen molar-refractivity contribution in [3.05, 3.63) is 15.6 Å². The zero-order valence-electron chi connectivity index (χ0n) is 10.4. The molecule has 0 spiro atoms. The van der Waals surface area contributed by atoms with Gasteiger partial charge in [-0.2, -0.15) is 0 Å². The molecule has 0 saturated heterocycles. The van der Waals surface area contributed by atoms with Crippen LogP contribution in [0.15, 0.2) is 0 Å². The van der Waals surface area contributed by atoms with Gasteiger partial charge in [0.2, 0.25) is 5.91 Å². The first-order valence-corrected chi connectivity index (χ1v) is 6.90. The average molecular weight is 253 g/mol. The van der Waals surface area contributed by atoms with Gasteiger partial charge in [-0.25, -0.2) is 4.98 Å². The number of rotatable bonds is 6. The van der Waals surface area contributed by atoms with Crippen molar-refractivity contribution in [2.75, 3.05) is 13.1 Å². The van der Waals surface area contributed by atoms with E-state index in [1.54, 1.807) is 11.3 Å². The Morgan fingerprint density at radius 3 is 2.76 bits per heavy atom. The largest absolute Gasteiger partial charge is 0.355 e. The molecule has 0 bridgehead atoms. The zero-order chi connectivity index (χ0) is 12.3. The number of aromatic nitrogens is 1. The summed E-state index contributed by atoms with van der Waals surface area (Å²) in [5.41, 5.74) is 1.12. The highest BCUT2D eigenvalue weighted by Gasteiger charge is 2.28. The van der Waals surface area contributed by atoms with Crippen LogP contribution in [0, 0.1) is 19.8 Å². The monoisotopic (exact) mass is 253 g/mol. The number of hydrogen-bond donors (Lipinski definition) is 2. The predicted octanol–water partition coefficient (Wildman–Crippen LogP) is 1.38. The van der Waals surface area contributed by atoms with Crippen LogP contribution in [0.5, 0.6) is 0 Å². The molecular formula is C12H19N3OS. The van der Waals surface area contributed by atoms with Crippen LogP contribution in [0.2, 0.25) is 0 Å². The zero-order valence-corrected chi connectivity index (χ0v) is 11.2. The molecule has 1 aromatic rings. The molecule has 1 aliphatic carbocycles. The molecule has 1 aromatic heterocycles. The van der Waals surface area contributed by atoms with Gasteiger partial charge in [0, 0.05) is 30.4 Å². The first-order chi connectivity index (χ1) is 8.16. The second-order valence-corrected chi connectivity index (χ2v) is 5.78. The smallest absolute Gasteiger partial charge is 0.223 e. The van der Waals surface area contributed by atoms with Crippen molar-refractivity contribution >= 4 is 17.2 Å². The number of thiazole rings is 1. The van der Waals surface area contributed by atoms with Gasteiger partial charge in [0.15, 0.2) is 0 Å². The van der Waals surface area contributed by atoms with E-state index in [1.807, 2.05) is 6.92 Å². The van der Waals surface area contributed by atoms with Crippen molar-refractivity contribution in [1.82, 2.24) is 15.6 Å². The van der Waals surface area contributed by atoms with Gasteiger partial charge >= 0.3 is 0 Å². The van der Waals surface area contributed by atoms with Gasteiger partial charge in [-0.15, -0.1) is 11.3 Å². The third kappa shape index (κ3) is 3.78. The molecule has 0 aliphatic heterocycles. The van der Waals surface area contributed by atoms with Gasteiger partial charge in [-0.1, -0.05) is 0 Å². The summed E-state index contributed by atoms with van der Waals surface area (Å²) in [6.45, 7) is 6.42. The Labute approximate surface area is 106 Å². The molecule has 1 aliphatic rings. The Morgan fingerprint density at radius 1 is 1.41 bits per heavy atom. The number of carbonyl (C=O) groups is 1. The SMILES string of the molecule is Cc1nc(CNCCNC(=O)C2CC2)sc1C. The maximum atomic E-state index is 11.3. The summed E-state index contributed by atoms with van der Waals surface area (Å²) in [6.07, 6.45) is 2.13. The van der Waals surface area contributed by atoms with Crippen LogP contribution in [0.25, 0.3) is 0 Å². The maximum Gasteiger partial charge on any atom is 0.223 e. The number of hydrogen-bond acceptors (Lipinski definition) is 4.